The first-order chi connectivity index (χ1) is 10.8. The van der Waals surface area contributed by atoms with Crippen LogP contribution in [0.1, 0.15) is 17.3 Å². The number of carbonyl (C=O) groups excluding carboxylic acids is 2. The summed E-state index contributed by atoms with van der Waals surface area (Å²) in [6, 6.07) is 8.06. The highest BCUT2D eigenvalue weighted by Crippen LogP contribution is 2.07. The summed E-state index contributed by atoms with van der Waals surface area (Å²) in [4.78, 5) is 22.4. The zero-order chi connectivity index (χ0) is 17.4. The second-order valence-electron chi connectivity index (χ2n) is 5.02. The summed E-state index contributed by atoms with van der Waals surface area (Å²) >= 11 is 0. The number of rotatable bonds is 8. The highest BCUT2D eigenvalue weighted by Gasteiger charge is 2.31. The fourth-order valence-corrected chi connectivity index (χ4v) is 1.74. The van der Waals surface area contributed by atoms with Crippen molar-refractivity contribution in [2.45, 2.75) is 31.3 Å². The molecule has 0 aromatic heterocycles. The Morgan fingerprint density at radius 1 is 1.04 bits per heavy atom. The summed E-state index contributed by atoms with van der Waals surface area (Å²) in [5.74, 6) is -1.10. The average Bonchev–Trinajstić information content (AvgIpc) is 2.56. The molecule has 0 heterocycles. The number of esters is 1. The number of hydrogen-bond donors (Lipinski definition) is 5. The van der Waals surface area contributed by atoms with E-state index < -0.39 is 42.9 Å². The third-order valence-electron chi connectivity index (χ3n) is 3.09. The molecule has 1 aromatic rings. The Morgan fingerprint density at radius 3 is 2.17 bits per heavy atom. The SMILES string of the molecule is CC(=O)NC[C@@H](O)[C@@H](O)[C@H](O)[C@H](O)COC(=O)c1ccccc1. The Labute approximate surface area is 133 Å². The Balaban J connectivity index is 2.45. The van der Waals surface area contributed by atoms with Crippen LogP contribution in [0, 0.1) is 0 Å². The number of amides is 1. The van der Waals surface area contributed by atoms with E-state index >= 15 is 0 Å². The van der Waals surface area contributed by atoms with Gasteiger partial charge in [0, 0.05) is 13.5 Å². The molecule has 0 aliphatic heterocycles. The van der Waals surface area contributed by atoms with Crippen LogP contribution in [0.2, 0.25) is 0 Å². The topological polar surface area (TPSA) is 136 Å². The molecule has 4 atom stereocenters. The van der Waals surface area contributed by atoms with Gasteiger partial charge in [0.05, 0.1) is 11.7 Å². The maximum atomic E-state index is 11.7. The number of aliphatic hydroxyl groups is 4. The van der Waals surface area contributed by atoms with Gasteiger partial charge in [0.1, 0.15) is 24.9 Å². The van der Waals surface area contributed by atoms with Gasteiger partial charge in [0.25, 0.3) is 0 Å². The number of aliphatic hydroxyl groups excluding tert-OH is 4. The molecule has 8 nitrogen and oxygen atoms in total. The van der Waals surface area contributed by atoms with Gasteiger partial charge in [-0.05, 0) is 12.1 Å². The van der Waals surface area contributed by atoms with Crippen molar-refractivity contribution in [2.75, 3.05) is 13.2 Å². The summed E-state index contributed by atoms with van der Waals surface area (Å²) in [5, 5.41) is 41.0. The number of carbonyl (C=O) groups is 2. The van der Waals surface area contributed by atoms with Crippen LogP contribution in [0.3, 0.4) is 0 Å². The van der Waals surface area contributed by atoms with E-state index in [0.717, 1.165) is 0 Å². The van der Waals surface area contributed by atoms with Gasteiger partial charge in [-0.25, -0.2) is 4.79 Å². The van der Waals surface area contributed by atoms with Crippen molar-refractivity contribution in [1.82, 2.24) is 5.32 Å². The first kappa shape index (κ1) is 19.0. The van der Waals surface area contributed by atoms with Crippen LogP contribution in [-0.2, 0) is 9.53 Å². The number of benzene rings is 1. The molecule has 0 fully saturated rings. The zero-order valence-corrected chi connectivity index (χ0v) is 12.6. The molecular formula is C15H21NO7. The molecule has 8 heteroatoms. The van der Waals surface area contributed by atoms with Gasteiger partial charge >= 0.3 is 5.97 Å². The van der Waals surface area contributed by atoms with Gasteiger partial charge in [0.15, 0.2) is 0 Å². The van der Waals surface area contributed by atoms with E-state index in [2.05, 4.69) is 5.32 Å². The molecule has 0 unspecified atom stereocenters. The Hall–Kier alpha value is -2.00. The van der Waals surface area contributed by atoms with Gasteiger partial charge in [0.2, 0.25) is 5.91 Å². The van der Waals surface area contributed by atoms with Crippen LogP contribution in [-0.4, -0.2) is 69.9 Å². The molecule has 5 N–H and O–H groups in total. The normalized spacial score (nSPS) is 16.0. The van der Waals surface area contributed by atoms with Gasteiger partial charge in [-0.1, -0.05) is 18.2 Å². The predicted octanol–water partition coefficient (Wildman–Crippen LogP) is -1.58. The molecule has 0 aliphatic rings. The Kier molecular flexibility index (Phi) is 7.63. The van der Waals surface area contributed by atoms with Gasteiger partial charge in [-0.15, -0.1) is 0 Å². The van der Waals surface area contributed by atoms with Crippen molar-refractivity contribution in [3.8, 4) is 0 Å². The molecule has 23 heavy (non-hydrogen) atoms. The Bertz CT molecular complexity index is 508. The average molecular weight is 327 g/mol. The molecule has 1 amide bonds. The second kappa shape index (κ2) is 9.21. The largest absolute Gasteiger partial charge is 0.459 e. The van der Waals surface area contributed by atoms with Crippen molar-refractivity contribution in [2.24, 2.45) is 0 Å². The summed E-state index contributed by atoms with van der Waals surface area (Å²) in [6.07, 6.45) is -6.53. The number of hydrogen-bond acceptors (Lipinski definition) is 7. The predicted molar refractivity (Wildman–Crippen MR) is 79.4 cm³/mol. The van der Waals surface area contributed by atoms with Crippen LogP contribution in [0.15, 0.2) is 30.3 Å². The molecule has 1 rings (SSSR count). The lowest BCUT2D eigenvalue weighted by molar-refractivity contribution is -0.124. The van der Waals surface area contributed by atoms with Gasteiger partial charge in [-0.3, -0.25) is 4.79 Å². The molecular weight excluding hydrogens is 306 g/mol. The van der Waals surface area contributed by atoms with E-state index in [1.807, 2.05) is 0 Å². The molecule has 0 aliphatic carbocycles. The maximum Gasteiger partial charge on any atom is 0.338 e. The zero-order valence-electron chi connectivity index (χ0n) is 12.6. The van der Waals surface area contributed by atoms with Crippen molar-refractivity contribution in [3.63, 3.8) is 0 Å². The number of ether oxygens (including phenoxy) is 1. The summed E-state index contributed by atoms with van der Waals surface area (Å²) in [7, 11) is 0. The molecule has 0 saturated carbocycles. The van der Waals surface area contributed by atoms with Crippen LogP contribution in [0.25, 0.3) is 0 Å². The van der Waals surface area contributed by atoms with Gasteiger partial charge < -0.3 is 30.5 Å². The molecule has 0 spiro atoms. The molecule has 1 aromatic carbocycles. The van der Waals surface area contributed by atoms with Gasteiger partial charge in [-0.2, -0.15) is 0 Å². The first-order valence-corrected chi connectivity index (χ1v) is 7.01. The molecule has 0 saturated heterocycles. The lowest BCUT2D eigenvalue weighted by atomic mass is 10.0. The first-order valence-electron chi connectivity index (χ1n) is 7.01. The van der Waals surface area contributed by atoms with E-state index in [-0.39, 0.29) is 12.1 Å². The van der Waals surface area contributed by atoms with Crippen LogP contribution < -0.4 is 5.32 Å². The minimum atomic E-state index is -1.75. The lowest BCUT2D eigenvalue weighted by Crippen LogP contribution is -2.49. The minimum absolute atomic E-state index is 0.278. The van der Waals surface area contributed by atoms with E-state index in [9.17, 15) is 30.0 Å². The van der Waals surface area contributed by atoms with Crippen LogP contribution >= 0.6 is 0 Å². The van der Waals surface area contributed by atoms with Crippen molar-refractivity contribution < 1.29 is 34.8 Å². The van der Waals surface area contributed by atoms with Crippen molar-refractivity contribution in [1.29, 1.82) is 0 Å². The third-order valence-corrected chi connectivity index (χ3v) is 3.09. The van der Waals surface area contributed by atoms with E-state index in [4.69, 9.17) is 4.74 Å². The number of nitrogens with one attached hydrogen (secondary N) is 1. The summed E-state index contributed by atoms with van der Waals surface area (Å²) < 4.78 is 4.83. The van der Waals surface area contributed by atoms with Crippen molar-refractivity contribution in [3.05, 3.63) is 35.9 Å². The smallest absolute Gasteiger partial charge is 0.338 e. The van der Waals surface area contributed by atoms with E-state index in [1.165, 1.54) is 19.1 Å². The Morgan fingerprint density at radius 2 is 1.61 bits per heavy atom. The fraction of sp³-hybridized carbons (Fsp3) is 0.467. The minimum Gasteiger partial charge on any atom is -0.459 e. The fourth-order valence-electron chi connectivity index (χ4n) is 1.74. The molecule has 128 valence electrons. The summed E-state index contributed by atoms with van der Waals surface area (Å²) in [6.45, 7) is 0.385. The molecule has 0 bridgehead atoms. The highest BCUT2D eigenvalue weighted by molar-refractivity contribution is 5.89. The second-order valence-corrected chi connectivity index (χ2v) is 5.02. The summed E-state index contributed by atoms with van der Waals surface area (Å²) in [5.41, 5.74) is 0.278. The quantitative estimate of drug-likeness (QED) is 0.364. The monoisotopic (exact) mass is 327 g/mol. The standard InChI is InChI=1S/C15H21NO7/c1-9(17)16-7-11(18)13(20)14(21)12(19)8-23-15(22)10-5-3-2-4-6-10/h2-6,11-14,18-21H,7-8H2,1H3,(H,16,17)/t11-,12-,13-,14-/m1/s1. The van der Waals surface area contributed by atoms with E-state index in [1.54, 1.807) is 18.2 Å². The maximum absolute atomic E-state index is 11.7. The third kappa shape index (κ3) is 6.33. The van der Waals surface area contributed by atoms with E-state index in [0.29, 0.717) is 0 Å². The highest BCUT2D eigenvalue weighted by atomic mass is 16.5. The molecule has 0 radical (unpaired) electrons. The van der Waals surface area contributed by atoms with Crippen LogP contribution in [0.5, 0.6) is 0 Å². The van der Waals surface area contributed by atoms with Crippen molar-refractivity contribution >= 4 is 11.9 Å². The van der Waals surface area contributed by atoms with Crippen LogP contribution in [0.4, 0.5) is 0 Å². The lowest BCUT2D eigenvalue weighted by Gasteiger charge is -2.26.